The van der Waals surface area contributed by atoms with E-state index in [1.165, 1.54) is 25.5 Å². The van der Waals surface area contributed by atoms with E-state index < -0.39 is 10.0 Å². The molecule has 1 amide bonds. The van der Waals surface area contributed by atoms with Crippen LogP contribution >= 0.6 is 0 Å². The maximum Gasteiger partial charge on any atom is 0.258 e. The molecule has 0 bridgehead atoms. The second kappa shape index (κ2) is 8.50. The quantitative estimate of drug-likeness (QED) is 0.695. The number of ether oxygens (including phenoxy) is 3. The first-order valence-corrected chi connectivity index (χ1v) is 9.47. The summed E-state index contributed by atoms with van der Waals surface area (Å²) in [7, 11) is 1.13. The maximum atomic E-state index is 12.1. The first-order valence-electron chi connectivity index (χ1n) is 7.86. The molecule has 0 saturated carbocycles. The van der Waals surface area contributed by atoms with Gasteiger partial charge in [0.1, 0.15) is 0 Å². The van der Waals surface area contributed by atoms with Crippen LogP contribution < -0.4 is 14.8 Å². The Morgan fingerprint density at radius 3 is 2.60 bits per heavy atom. The fourth-order valence-corrected chi connectivity index (χ4v) is 3.64. The molecule has 1 saturated heterocycles. The second-order valence-corrected chi connectivity index (χ2v) is 8.20. The number of rotatable bonds is 8. The molecule has 0 spiro atoms. The zero-order valence-corrected chi connectivity index (χ0v) is 15.4. The molecule has 25 heavy (non-hydrogen) atoms. The van der Waals surface area contributed by atoms with Gasteiger partial charge in [0, 0.05) is 20.0 Å². The average Bonchev–Trinajstić information content (AvgIpc) is 2.99. The van der Waals surface area contributed by atoms with E-state index in [2.05, 4.69) is 5.32 Å². The van der Waals surface area contributed by atoms with Gasteiger partial charge in [-0.05, 0) is 12.1 Å². The van der Waals surface area contributed by atoms with Gasteiger partial charge in [-0.3, -0.25) is 4.79 Å². The standard InChI is InChI=1S/C16H24N2O6S/c1-18(2)25(20,21)11-12-8-23-9-13(12)17-16(19)10-24-15-7-5-4-6-14(15)22-3/h4-7,12-13H,8-11H2,1-3H3,(H,17,19). The lowest BCUT2D eigenvalue weighted by Gasteiger charge is -2.21. The number of para-hydroxylation sites is 2. The van der Waals surface area contributed by atoms with Crippen molar-refractivity contribution in [2.24, 2.45) is 5.92 Å². The number of nitrogens with zero attached hydrogens (tertiary/aromatic N) is 1. The van der Waals surface area contributed by atoms with Crippen molar-refractivity contribution in [1.29, 1.82) is 0 Å². The van der Waals surface area contributed by atoms with Crippen molar-refractivity contribution >= 4 is 15.9 Å². The molecule has 2 unspecified atom stereocenters. The molecule has 0 radical (unpaired) electrons. The van der Waals surface area contributed by atoms with Gasteiger partial charge >= 0.3 is 0 Å². The lowest BCUT2D eigenvalue weighted by Crippen LogP contribution is -2.45. The molecule has 0 aliphatic carbocycles. The number of hydrogen-bond acceptors (Lipinski definition) is 6. The van der Waals surface area contributed by atoms with Gasteiger partial charge in [0.2, 0.25) is 10.0 Å². The van der Waals surface area contributed by atoms with Crippen molar-refractivity contribution in [3.8, 4) is 11.5 Å². The summed E-state index contributed by atoms with van der Waals surface area (Å²) in [5.74, 6) is 0.304. The molecule has 2 rings (SSSR count). The van der Waals surface area contributed by atoms with Crippen LogP contribution in [-0.2, 0) is 19.6 Å². The van der Waals surface area contributed by atoms with E-state index in [0.29, 0.717) is 18.1 Å². The van der Waals surface area contributed by atoms with E-state index in [4.69, 9.17) is 14.2 Å². The highest BCUT2D eigenvalue weighted by Crippen LogP contribution is 2.25. The number of nitrogens with one attached hydrogen (secondary N) is 1. The number of hydrogen-bond donors (Lipinski definition) is 1. The highest BCUT2D eigenvalue weighted by molar-refractivity contribution is 7.89. The fourth-order valence-electron chi connectivity index (χ4n) is 2.47. The van der Waals surface area contributed by atoms with Crippen LogP contribution in [0.4, 0.5) is 0 Å². The third-order valence-electron chi connectivity index (χ3n) is 3.95. The lowest BCUT2D eigenvalue weighted by molar-refractivity contribution is -0.124. The molecule has 8 nitrogen and oxygen atoms in total. The molecule has 9 heteroatoms. The van der Waals surface area contributed by atoms with Crippen molar-refractivity contribution in [2.45, 2.75) is 6.04 Å². The van der Waals surface area contributed by atoms with Crippen LogP contribution in [0.2, 0.25) is 0 Å². The van der Waals surface area contributed by atoms with E-state index in [-0.39, 0.29) is 36.8 Å². The van der Waals surface area contributed by atoms with Crippen molar-refractivity contribution in [3.63, 3.8) is 0 Å². The maximum absolute atomic E-state index is 12.1. The molecule has 1 aliphatic rings. The molecule has 1 fully saturated rings. The number of carbonyl (C=O) groups is 1. The monoisotopic (exact) mass is 372 g/mol. The summed E-state index contributed by atoms with van der Waals surface area (Å²) in [6.45, 7) is 0.392. The molecule has 1 heterocycles. The van der Waals surface area contributed by atoms with Crippen LogP contribution in [0, 0.1) is 5.92 Å². The summed E-state index contributed by atoms with van der Waals surface area (Å²) >= 11 is 0. The van der Waals surface area contributed by atoms with E-state index in [0.717, 1.165) is 0 Å². The lowest BCUT2D eigenvalue weighted by atomic mass is 10.1. The van der Waals surface area contributed by atoms with E-state index >= 15 is 0 Å². The Hall–Kier alpha value is -1.84. The van der Waals surface area contributed by atoms with Gasteiger partial charge in [0.05, 0.1) is 32.1 Å². The van der Waals surface area contributed by atoms with Gasteiger partial charge in [0.25, 0.3) is 5.91 Å². The van der Waals surface area contributed by atoms with Crippen molar-refractivity contribution < 1.29 is 27.4 Å². The van der Waals surface area contributed by atoms with E-state index in [1.807, 2.05) is 0 Å². The van der Waals surface area contributed by atoms with Gasteiger partial charge in [0.15, 0.2) is 18.1 Å². The van der Waals surface area contributed by atoms with Gasteiger partial charge in [-0.2, -0.15) is 0 Å². The highest BCUT2D eigenvalue weighted by atomic mass is 32.2. The zero-order valence-electron chi connectivity index (χ0n) is 14.6. The largest absolute Gasteiger partial charge is 0.493 e. The Morgan fingerprint density at radius 2 is 1.96 bits per heavy atom. The SMILES string of the molecule is COc1ccccc1OCC(=O)NC1COCC1CS(=O)(=O)N(C)C. The topological polar surface area (TPSA) is 94.2 Å². The zero-order chi connectivity index (χ0) is 18.4. The molecular weight excluding hydrogens is 348 g/mol. The average molecular weight is 372 g/mol. The normalized spacial score (nSPS) is 20.5. The summed E-state index contributed by atoms with van der Waals surface area (Å²) in [6, 6.07) is 6.67. The molecule has 1 aromatic rings. The van der Waals surface area contributed by atoms with E-state index in [9.17, 15) is 13.2 Å². The summed E-state index contributed by atoms with van der Waals surface area (Å²) < 4.78 is 41.2. The molecule has 1 aromatic carbocycles. The van der Waals surface area contributed by atoms with Crippen LogP contribution in [-0.4, -0.2) is 71.5 Å². The van der Waals surface area contributed by atoms with Gasteiger partial charge < -0.3 is 19.5 Å². The van der Waals surface area contributed by atoms with Crippen LogP contribution in [0.15, 0.2) is 24.3 Å². The van der Waals surface area contributed by atoms with Crippen molar-refractivity contribution in [3.05, 3.63) is 24.3 Å². The number of benzene rings is 1. The number of sulfonamides is 1. The summed E-state index contributed by atoms with van der Waals surface area (Å²) in [5.41, 5.74) is 0. The second-order valence-electron chi connectivity index (χ2n) is 5.97. The highest BCUT2D eigenvalue weighted by Gasteiger charge is 2.34. The number of carbonyl (C=O) groups excluding carboxylic acids is 1. The van der Waals surface area contributed by atoms with Crippen molar-refractivity contribution in [1.82, 2.24) is 9.62 Å². The molecule has 2 atom stereocenters. The van der Waals surface area contributed by atoms with Crippen molar-refractivity contribution in [2.75, 3.05) is 46.8 Å². The number of amides is 1. The molecule has 140 valence electrons. The smallest absolute Gasteiger partial charge is 0.258 e. The Labute approximate surface area is 148 Å². The third kappa shape index (κ3) is 5.32. The predicted molar refractivity (Wildman–Crippen MR) is 92.2 cm³/mol. The minimum Gasteiger partial charge on any atom is -0.493 e. The minimum absolute atomic E-state index is 0.0711. The van der Waals surface area contributed by atoms with Gasteiger partial charge in [-0.15, -0.1) is 0 Å². The van der Waals surface area contributed by atoms with E-state index in [1.54, 1.807) is 24.3 Å². The van der Waals surface area contributed by atoms with Crippen LogP contribution in [0.1, 0.15) is 0 Å². The Balaban J connectivity index is 1.89. The minimum atomic E-state index is -3.36. The third-order valence-corrected chi connectivity index (χ3v) is 5.92. The van der Waals surface area contributed by atoms with Crippen LogP contribution in [0.25, 0.3) is 0 Å². The Bertz CT molecular complexity index is 692. The first-order chi connectivity index (χ1) is 11.8. The summed E-state index contributed by atoms with van der Waals surface area (Å²) in [5, 5.41) is 2.79. The Morgan fingerprint density at radius 1 is 1.28 bits per heavy atom. The predicted octanol–water partition coefficient (Wildman–Crippen LogP) is 0.0966. The summed E-state index contributed by atoms with van der Waals surface area (Å²) in [4.78, 5) is 12.1. The first kappa shape index (κ1) is 19.5. The fraction of sp³-hybridized carbons (Fsp3) is 0.562. The molecular formula is C16H24N2O6S. The van der Waals surface area contributed by atoms with Gasteiger partial charge in [-0.25, -0.2) is 12.7 Å². The molecule has 1 aliphatic heterocycles. The number of methoxy groups -OCH3 is 1. The molecule has 0 aromatic heterocycles. The van der Waals surface area contributed by atoms with Crippen LogP contribution in [0.3, 0.4) is 0 Å². The Kier molecular flexibility index (Phi) is 6.63. The van der Waals surface area contributed by atoms with Gasteiger partial charge in [-0.1, -0.05) is 12.1 Å². The molecule has 1 N–H and O–H groups in total. The summed E-state index contributed by atoms with van der Waals surface area (Å²) in [6.07, 6.45) is 0. The van der Waals surface area contributed by atoms with Crippen LogP contribution in [0.5, 0.6) is 11.5 Å².